The highest BCUT2D eigenvalue weighted by atomic mass is 16.5. The molecule has 20 heavy (non-hydrogen) atoms. The fourth-order valence-corrected chi connectivity index (χ4v) is 2.53. The molecule has 1 aliphatic rings. The molecule has 0 radical (unpaired) electrons. The van der Waals surface area contributed by atoms with Gasteiger partial charge in [0.05, 0.1) is 5.39 Å². The molecule has 2 atom stereocenters. The third-order valence-corrected chi connectivity index (χ3v) is 3.72. The first-order valence-corrected chi connectivity index (χ1v) is 6.44. The van der Waals surface area contributed by atoms with Crippen LogP contribution in [0.2, 0.25) is 0 Å². The molecule has 1 aromatic heterocycles. The standard InChI is InChI=1S/C15H16O5/c1-7-4-5-9-8(6-7)12-10(14(18)19-9)11(16)13(17)15(2,3)20-12/h4-6,11,13,16-17H,1-3H3/t11-,13+/m0/s1. The highest BCUT2D eigenvalue weighted by molar-refractivity contribution is 5.85. The van der Waals surface area contributed by atoms with E-state index in [1.165, 1.54) is 0 Å². The van der Waals surface area contributed by atoms with E-state index in [1.54, 1.807) is 19.9 Å². The van der Waals surface area contributed by atoms with Gasteiger partial charge in [0.2, 0.25) is 0 Å². The molecule has 2 N–H and O–H groups in total. The molecule has 0 fully saturated rings. The van der Waals surface area contributed by atoms with Crippen LogP contribution < -0.4 is 10.4 Å². The Hall–Kier alpha value is -1.85. The molecule has 0 saturated heterocycles. The van der Waals surface area contributed by atoms with E-state index >= 15 is 0 Å². The van der Waals surface area contributed by atoms with Crippen LogP contribution >= 0.6 is 0 Å². The van der Waals surface area contributed by atoms with Crippen LogP contribution in [0.25, 0.3) is 11.0 Å². The fourth-order valence-electron chi connectivity index (χ4n) is 2.53. The Morgan fingerprint density at radius 3 is 2.65 bits per heavy atom. The first-order valence-electron chi connectivity index (χ1n) is 6.44. The van der Waals surface area contributed by atoms with E-state index in [2.05, 4.69) is 0 Å². The lowest BCUT2D eigenvalue weighted by Gasteiger charge is -2.39. The van der Waals surface area contributed by atoms with Crippen LogP contribution in [-0.2, 0) is 0 Å². The van der Waals surface area contributed by atoms with Crippen molar-refractivity contribution in [2.45, 2.75) is 38.6 Å². The smallest absolute Gasteiger partial charge is 0.346 e. The van der Waals surface area contributed by atoms with E-state index in [1.807, 2.05) is 19.1 Å². The summed E-state index contributed by atoms with van der Waals surface area (Å²) < 4.78 is 11.0. The van der Waals surface area contributed by atoms with Crippen molar-refractivity contribution in [3.63, 3.8) is 0 Å². The topological polar surface area (TPSA) is 79.9 Å². The zero-order valence-corrected chi connectivity index (χ0v) is 11.5. The number of ether oxygens (including phenoxy) is 1. The predicted molar refractivity (Wildman–Crippen MR) is 72.9 cm³/mol. The quantitative estimate of drug-likeness (QED) is 0.715. The van der Waals surface area contributed by atoms with Crippen molar-refractivity contribution in [3.05, 3.63) is 39.7 Å². The molecular weight excluding hydrogens is 260 g/mol. The second-order valence-electron chi connectivity index (χ2n) is 5.73. The van der Waals surface area contributed by atoms with Crippen molar-refractivity contribution in [1.29, 1.82) is 0 Å². The van der Waals surface area contributed by atoms with Crippen LogP contribution in [0.5, 0.6) is 5.75 Å². The molecular formula is C15H16O5. The summed E-state index contributed by atoms with van der Waals surface area (Å²) in [4.78, 5) is 12.0. The Bertz CT molecular complexity index is 744. The first-order chi connectivity index (χ1) is 9.31. The maximum atomic E-state index is 12.0. The zero-order chi connectivity index (χ0) is 14.7. The molecule has 3 rings (SSSR count). The predicted octanol–water partition coefficient (Wildman–Crippen LogP) is 1.67. The van der Waals surface area contributed by atoms with Gasteiger partial charge in [0.25, 0.3) is 0 Å². The summed E-state index contributed by atoms with van der Waals surface area (Å²) in [5.41, 5.74) is -0.306. The van der Waals surface area contributed by atoms with Gasteiger partial charge in [0.15, 0.2) is 0 Å². The Morgan fingerprint density at radius 2 is 1.95 bits per heavy atom. The van der Waals surface area contributed by atoms with Crippen molar-refractivity contribution >= 4 is 11.0 Å². The number of aliphatic hydroxyl groups excluding tert-OH is 2. The number of hydrogen-bond acceptors (Lipinski definition) is 5. The van der Waals surface area contributed by atoms with Gasteiger partial charge in [-0.15, -0.1) is 0 Å². The Labute approximate surface area is 115 Å². The summed E-state index contributed by atoms with van der Waals surface area (Å²) in [5, 5.41) is 20.9. The molecule has 5 nitrogen and oxygen atoms in total. The van der Waals surface area contributed by atoms with Crippen molar-refractivity contribution in [2.24, 2.45) is 0 Å². The van der Waals surface area contributed by atoms with Crippen LogP contribution in [-0.4, -0.2) is 21.9 Å². The first kappa shape index (κ1) is 13.1. The molecule has 106 valence electrons. The molecule has 0 aliphatic carbocycles. The average Bonchev–Trinajstić information content (AvgIpc) is 2.36. The SMILES string of the molecule is Cc1ccc2oc(=O)c3c(c2c1)OC(C)(C)[C@H](O)[C@H]3O. The van der Waals surface area contributed by atoms with Gasteiger partial charge in [-0.05, 0) is 32.9 Å². The van der Waals surface area contributed by atoms with E-state index in [0.717, 1.165) is 5.56 Å². The zero-order valence-electron chi connectivity index (χ0n) is 11.5. The molecule has 0 unspecified atom stereocenters. The molecule has 0 amide bonds. The number of hydrogen-bond donors (Lipinski definition) is 2. The Morgan fingerprint density at radius 1 is 1.25 bits per heavy atom. The minimum Gasteiger partial charge on any atom is -0.484 e. The van der Waals surface area contributed by atoms with Crippen LogP contribution in [0.15, 0.2) is 27.4 Å². The maximum Gasteiger partial charge on any atom is 0.346 e. The van der Waals surface area contributed by atoms with Gasteiger partial charge in [0.1, 0.15) is 34.7 Å². The van der Waals surface area contributed by atoms with Crippen molar-refractivity contribution in [2.75, 3.05) is 0 Å². The molecule has 0 bridgehead atoms. The van der Waals surface area contributed by atoms with E-state index in [4.69, 9.17) is 9.15 Å². The van der Waals surface area contributed by atoms with Crippen LogP contribution in [0.3, 0.4) is 0 Å². The number of aryl methyl sites for hydroxylation is 1. The van der Waals surface area contributed by atoms with E-state index in [9.17, 15) is 15.0 Å². The van der Waals surface area contributed by atoms with Gasteiger partial charge in [0, 0.05) is 0 Å². The maximum absolute atomic E-state index is 12.0. The molecule has 2 aromatic rings. The molecule has 5 heteroatoms. The molecule has 0 spiro atoms. The normalized spacial score (nSPS) is 24.2. The molecule has 0 saturated carbocycles. The number of aliphatic hydroxyl groups is 2. The molecule has 2 heterocycles. The summed E-state index contributed by atoms with van der Waals surface area (Å²) in [6, 6.07) is 5.36. The van der Waals surface area contributed by atoms with E-state index in [0.29, 0.717) is 16.7 Å². The second-order valence-corrected chi connectivity index (χ2v) is 5.73. The Kier molecular flexibility index (Phi) is 2.68. The highest BCUT2D eigenvalue weighted by Gasteiger charge is 2.44. The lowest BCUT2D eigenvalue weighted by atomic mass is 9.88. The van der Waals surface area contributed by atoms with Crippen molar-refractivity contribution < 1.29 is 19.4 Å². The largest absolute Gasteiger partial charge is 0.484 e. The van der Waals surface area contributed by atoms with Crippen LogP contribution in [0.1, 0.15) is 31.1 Å². The number of fused-ring (bicyclic) bond motifs is 3. The number of benzene rings is 1. The number of rotatable bonds is 0. The van der Waals surface area contributed by atoms with E-state index < -0.39 is 23.4 Å². The monoisotopic (exact) mass is 276 g/mol. The Balaban J connectivity index is 2.40. The lowest BCUT2D eigenvalue weighted by Crippen LogP contribution is -2.50. The fraction of sp³-hybridized carbons (Fsp3) is 0.400. The van der Waals surface area contributed by atoms with Gasteiger partial charge < -0.3 is 19.4 Å². The summed E-state index contributed by atoms with van der Waals surface area (Å²) in [6.45, 7) is 5.25. The summed E-state index contributed by atoms with van der Waals surface area (Å²) >= 11 is 0. The third kappa shape index (κ3) is 1.74. The summed E-state index contributed by atoms with van der Waals surface area (Å²) in [7, 11) is 0. The van der Waals surface area contributed by atoms with Crippen molar-refractivity contribution in [3.8, 4) is 5.75 Å². The minimum absolute atomic E-state index is 0.0186. The van der Waals surface area contributed by atoms with Gasteiger partial charge in [-0.25, -0.2) is 4.79 Å². The summed E-state index contributed by atoms with van der Waals surface area (Å²) in [5.74, 6) is 0.294. The van der Waals surface area contributed by atoms with Crippen LogP contribution in [0, 0.1) is 6.92 Å². The van der Waals surface area contributed by atoms with Gasteiger partial charge in [-0.2, -0.15) is 0 Å². The van der Waals surface area contributed by atoms with Crippen molar-refractivity contribution in [1.82, 2.24) is 0 Å². The average molecular weight is 276 g/mol. The van der Waals surface area contributed by atoms with E-state index in [-0.39, 0.29) is 5.56 Å². The highest BCUT2D eigenvalue weighted by Crippen LogP contribution is 2.42. The second kappa shape index (κ2) is 4.07. The lowest BCUT2D eigenvalue weighted by molar-refractivity contribution is -0.112. The van der Waals surface area contributed by atoms with Gasteiger partial charge in [-0.1, -0.05) is 11.6 Å². The third-order valence-electron chi connectivity index (χ3n) is 3.72. The summed E-state index contributed by atoms with van der Waals surface area (Å²) in [6.07, 6.45) is -2.52. The molecule has 1 aromatic carbocycles. The molecule has 1 aliphatic heterocycles. The van der Waals surface area contributed by atoms with Gasteiger partial charge in [-0.3, -0.25) is 0 Å². The van der Waals surface area contributed by atoms with Crippen LogP contribution in [0.4, 0.5) is 0 Å². The van der Waals surface area contributed by atoms with Gasteiger partial charge >= 0.3 is 5.63 Å². The minimum atomic E-state index is -1.32.